The fourth-order valence-corrected chi connectivity index (χ4v) is 3.42. The third kappa shape index (κ3) is 2.51. The number of hydrogen-bond donors (Lipinski definition) is 0. The predicted molar refractivity (Wildman–Crippen MR) is 88.0 cm³/mol. The van der Waals surface area contributed by atoms with Gasteiger partial charge >= 0.3 is 0 Å². The number of benzene rings is 1. The lowest BCUT2D eigenvalue weighted by Gasteiger charge is -2.32. The van der Waals surface area contributed by atoms with Gasteiger partial charge in [0.1, 0.15) is 17.2 Å². The molecule has 0 radical (unpaired) electrons. The Morgan fingerprint density at radius 1 is 1.17 bits per heavy atom. The second-order valence-corrected chi connectivity index (χ2v) is 6.12. The van der Waals surface area contributed by atoms with Crippen molar-refractivity contribution >= 4 is 11.2 Å². The van der Waals surface area contributed by atoms with Crippen LogP contribution in [0.25, 0.3) is 16.9 Å². The number of halogens is 1. The second kappa shape index (κ2) is 5.74. The van der Waals surface area contributed by atoms with E-state index >= 15 is 0 Å². The lowest BCUT2D eigenvalue weighted by molar-refractivity contribution is 0.178. The zero-order chi connectivity index (χ0) is 15.8. The minimum absolute atomic E-state index is 0.237. The van der Waals surface area contributed by atoms with E-state index in [4.69, 9.17) is 4.98 Å². The normalized spacial score (nSPS) is 19.3. The highest BCUT2D eigenvalue weighted by Crippen LogP contribution is 2.32. The average Bonchev–Trinajstić information content (AvgIpc) is 2.94. The van der Waals surface area contributed by atoms with Crippen LogP contribution in [0, 0.1) is 5.82 Å². The van der Waals surface area contributed by atoms with Crippen LogP contribution in [0.3, 0.4) is 0 Å². The van der Waals surface area contributed by atoms with Gasteiger partial charge in [-0.15, -0.1) is 0 Å². The molecule has 4 nitrogen and oxygen atoms in total. The van der Waals surface area contributed by atoms with E-state index in [1.807, 2.05) is 22.8 Å². The van der Waals surface area contributed by atoms with E-state index < -0.39 is 0 Å². The summed E-state index contributed by atoms with van der Waals surface area (Å²) in [7, 11) is 2.13. The van der Waals surface area contributed by atoms with Gasteiger partial charge in [-0.05, 0) is 56.8 Å². The van der Waals surface area contributed by atoms with E-state index in [0.29, 0.717) is 0 Å². The number of pyridine rings is 1. The van der Waals surface area contributed by atoms with E-state index in [0.717, 1.165) is 35.6 Å². The van der Waals surface area contributed by atoms with Gasteiger partial charge in [0.2, 0.25) is 0 Å². The van der Waals surface area contributed by atoms with E-state index in [2.05, 4.69) is 16.9 Å². The van der Waals surface area contributed by atoms with E-state index in [-0.39, 0.29) is 11.9 Å². The van der Waals surface area contributed by atoms with Crippen molar-refractivity contribution in [2.75, 3.05) is 13.6 Å². The van der Waals surface area contributed by atoms with Gasteiger partial charge in [-0.2, -0.15) is 0 Å². The average molecular weight is 310 g/mol. The summed E-state index contributed by atoms with van der Waals surface area (Å²) in [5.74, 6) is 0.703. The third-order valence-electron chi connectivity index (χ3n) is 4.58. The largest absolute Gasteiger partial charge is 0.297 e. The molecule has 1 aromatic carbocycles. The van der Waals surface area contributed by atoms with Gasteiger partial charge < -0.3 is 0 Å². The lowest BCUT2D eigenvalue weighted by atomic mass is 10.0. The molecule has 3 aromatic rings. The summed E-state index contributed by atoms with van der Waals surface area (Å²) in [6.07, 6.45) is 5.23. The standard InChI is InChI=1S/C18H19FN4/c1-22-11-3-2-9-16(22)18-21-15-8-5-10-20-17(15)23(18)14-7-4-6-13(19)12-14/h4-8,10,12,16H,2-3,9,11H2,1H3. The number of likely N-dealkylation sites (tertiary alicyclic amines) is 1. The lowest BCUT2D eigenvalue weighted by Crippen LogP contribution is -2.31. The van der Waals surface area contributed by atoms with Crippen LogP contribution in [0.2, 0.25) is 0 Å². The number of aromatic nitrogens is 3. The summed E-state index contributed by atoms with van der Waals surface area (Å²) < 4.78 is 15.8. The van der Waals surface area contributed by atoms with Crippen molar-refractivity contribution < 1.29 is 4.39 Å². The van der Waals surface area contributed by atoms with Crippen LogP contribution in [0.1, 0.15) is 31.1 Å². The summed E-state index contributed by atoms with van der Waals surface area (Å²) in [4.78, 5) is 11.7. The van der Waals surface area contributed by atoms with Crippen molar-refractivity contribution in [3.8, 4) is 5.69 Å². The Bertz CT molecular complexity index is 842. The molecule has 0 aliphatic carbocycles. The van der Waals surface area contributed by atoms with E-state index in [1.54, 1.807) is 18.3 Å². The maximum atomic E-state index is 13.7. The molecule has 1 fully saturated rings. The van der Waals surface area contributed by atoms with E-state index in [1.165, 1.54) is 18.9 Å². The zero-order valence-electron chi connectivity index (χ0n) is 13.1. The van der Waals surface area contributed by atoms with Gasteiger partial charge in [0.15, 0.2) is 5.65 Å². The highest BCUT2D eigenvalue weighted by atomic mass is 19.1. The number of imidazole rings is 1. The molecule has 5 heteroatoms. The number of piperidine rings is 1. The number of fused-ring (bicyclic) bond motifs is 1. The molecule has 1 atom stereocenters. The van der Waals surface area contributed by atoms with E-state index in [9.17, 15) is 4.39 Å². The van der Waals surface area contributed by atoms with Crippen molar-refractivity contribution in [1.29, 1.82) is 0 Å². The Morgan fingerprint density at radius 2 is 2.09 bits per heavy atom. The van der Waals surface area contributed by atoms with Crippen LogP contribution < -0.4 is 0 Å². The summed E-state index contributed by atoms with van der Waals surface area (Å²) in [6, 6.07) is 10.7. The first-order valence-electron chi connectivity index (χ1n) is 8.03. The Kier molecular flexibility index (Phi) is 3.58. The van der Waals surface area contributed by atoms with Crippen molar-refractivity contribution in [3.63, 3.8) is 0 Å². The maximum Gasteiger partial charge on any atom is 0.164 e. The number of nitrogens with zero attached hydrogens (tertiary/aromatic N) is 4. The molecular formula is C18H19FN4. The third-order valence-corrected chi connectivity index (χ3v) is 4.58. The topological polar surface area (TPSA) is 34.0 Å². The van der Waals surface area contributed by atoms with Crippen LogP contribution in [0.4, 0.5) is 4.39 Å². The molecule has 0 saturated carbocycles. The highest BCUT2D eigenvalue weighted by Gasteiger charge is 2.27. The van der Waals surface area contributed by atoms with Crippen LogP contribution >= 0.6 is 0 Å². The molecule has 2 aromatic heterocycles. The molecule has 0 bridgehead atoms. The Hall–Kier alpha value is -2.27. The molecule has 1 saturated heterocycles. The zero-order valence-corrected chi connectivity index (χ0v) is 13.1. The maximum absolute atomic E-state index is 13.7. The molecule has 3 heterocycles. The molecule has 118 valence electrons. The van der Waals surface area contributed by atoms with Crippen molar-refractivity contribution in [1.82, 2.24) is 19.4 Å². The summed E-state index contributed by atoms with van der Waals surface area (Å²) in [5.41, 5.74) is 2.41. The molecule has 4 rings (SSSR count). The van der Waals surface area contributed by atoms with Crippen molar-refractivity contribution in [2.45, 2.75) is 25.3 Å². The fourth-order valence-electron chi connectivity index (χ4n) is 3.42. The Labute approximate surface area is 134 Å². The molecule has 1 aliphatic heterocycles. The predicted octanol–water partition coefficient (Wildman–Crippen LogP) is 3.72. The smallest absolute Gasteiger partial charge is 0.164 e. The van der Waals surface area contributed by atoms with Crippen LogP contribution in [0.5, 0.6) is 0 Å². The minimum atomic E-state index is -0.247. The van der Waals surface area contributed by atoms with Crippen LogP contribution in [0.15, 0.2) is 42.6 Å². The molecule has 0 spiro atoms. The first-order chi connectivity index (χ1) is 11.2. The summed E-state index contributed by atoms with van der Waals surface area (Å²) in [6.45, 7) is 1.06. The summed E-state index contributed by atoms with van der Waals surface area (Å²) >= 11 is 0. The molecule has 0 amide bonds. The molecule has 0 N–H and O–H groups in total. The second-order valence-electron chi connectivity index (χ2n) is 6.12. The Morgan fingerprint density at radius 3 is 2.91 bits per heavy atom. The van der Waals surface area contributed by atoms with Crippen molar-refractivity contribution in [2.24, 2.45) is 0 Å². The summed E-state index contributed by atoms with van der Waals surface area (Å²) in [5, 5.41) is 0. The molecular weight excluding hydrogens is 291 g/mol. The highest BCUT2D eigenvalue weighted by molar-refractivity contribution is 5.74. The van der Waals surface area contributed by atoms with Crippen molar-refractivity contribution in [3.05, 3.63) is 54.2 Å². The number of rotatable bonds is 2. The Balaban J connectivity index is 1.94. The van der Waals surface area contributed by atoms with Crippen LogP contribution in [-0.4, -0.2) is 33.0 Å². The quantitative estimate of drug-likeness (QED) is 0.723. The SMILES string of the molecule is CN1CCCCC1c1nc2cccnc2n1-c1cccc(F)c1. The minimum Gasteiger partial charge on any atom is -0.297 e. The first-order valence-corrected chi connectivity index (χ1v) is 8.03. The van der Waals surface area contributed by atoms with Gasteiger partial charge in [-0.25, -0.2) is 14.4 Å². The first kappa shape index (κ1) is 14.3. The number of hydrogen-bond acceptors (Lipinski definition) is 3. The molecule has 1 aliphatic rings. The van der Waals surface area contributed by atoms with Gasteiger partial charge in [-0.3, -0.25) is 9.47 Å². The fraction of sp³-hybridized carbons (Fsp3) is 0.333. The van der Waals surface area contributed by atoms with Gasteiger partial charge in [0.05, 0.1) is 11.7 Å². The molecule has 23 heavy (non-hydrogen) atoms. The van der Waals surface area contributed by atoms with Crippen LogP contribution in [-0.2, 0) is 0 Å². The van der Waals surface area contributed by atoms with Gasteiger partial charge in [0.25, 0.3) is 0 Å². The van der Waals surface area contributed by atoms with Gasteiger partial charge in [-0.1, -0.05) is 12.5 Å². The molecule has 1 unspecified atom stereocenters. The monoisotopic (exact) mass is 310 g/mol. The van der Waals surface area contributed by atoms with Gasteiger partial charge in [0, 0.05) is 6.20 Å².